The largest absolute Gasteiger partial charge is 0.477 e. The van der Waals surface area contributed by atoms with E-state index >= 15 is 0 Å². The molecule has 0 spiro atoms. The maximum absolute atomic E-state index is 12.8. The Morgan fingerprint density at radius 1 is 1.10 bits per heavy atom. The molecule has 2 aromatic carbocycles. The topological polar surface area (TPSA) is 89.9 Å². The third-order valence-electron chi connectivity index (χ3n) is 5.21. The van der Waals surface area contributed by atoms with Gasteiger partial charge in [-0.2, -0.15) is 0 Å². The van der Waals surface area contributed by atoms with Gasteiger partial charge in [-0.15, -0.1) is 0 Å². The summed E-state index contributed by atoms with van der Waals surface area (Å²) in [6.45, 7) is 0.0994. The SMILES string of the molecule is CNC(=O)C1CN(C(=O)COC(=O)CCn2ccc3ccccc32)c2ccccc2O1. The van der Waals surface area contributed by atoms with E-state index in [2.05, 4.69) is 5.32 Å². The molecule has 8 heteroatoms. The molecule has 1 aliphatic heterocycles. The van der Waals surface area contributed by atoms with E-state index in [1.807, 2.05) is 41.1 Å². The highest BCUT2D eigenvalue weighted by Crippen LogP contribution is 2.33. The second-order valence-corrected chi connectivity index (χ2v) is 7.17. The van der Waals surface area contributed by atoms with Crippen molar-refractivity contribution in [3.63, 3.8) is 0 Å². The van der Waals surface area contributed by atoms with Crippen LogP contribution in [0.4, 0.5) is 5.69 Å². The monoisotopic (exact) mass is 421 g/mol. The molecule has 160 valence electrons. The number of nitrogens with zero attached hydrogens (tertiary/aromatic N) is 2. The molecule has 0 radical (unpaired) electrons. The first-order chi connectivity index (χ1) is 15.1. The Morgan fingerprint density at radius 2 is 1.87 bits per heavy atom. The number of nitrogens with one attached hydrogen (secondary N) is 1. The van der Waals surface area contributed by atoms with Crippen molar-refractivity contribution in [2.75, 3.05) is 25.1 Å². The van der Waals surface area contributed by atoms with Crippen LogP contribution in [0.3, 0.4) is 0 Å². The summed E-state index contributed by atoms with van der Waals surface area (Å²) < 4.78 is 12.9. The summed E-state index contributed by atoms with van der Waals surface area (Å²) in [4.78, 5) is 38.5. The lowest BCUT2D eigenvalue weighted by molar-refractivity contribution is -0.148. The van der Waals surface area contributed by atoms with Gasteiger partial charge >= 0.3 is 5.97 Å². The van der Waals surface area contributed by atoms with Gasteiger partial charge in [0, 0.05) is 25.3 Å². The number of aromatic nitrogens is 1. The van der Waals surface area contributed by atoms with Crippen molar-refractivity contribution in [1.29, 1.82) is 0 Å². The van der Waals surface area contributed by atoms with Gasteiger partial charge in [-0.3, -0.25) is 14.4 Å². The molecule has 3 aromatic rings. The standard InChI is InChI=1S/C23H23N3O5/c1-24-23(29)20-14-26(18-8-4-5-9-19(18)31-20)21(27)15-30-22(28)11-13-25-12-10-16-6-2-3-7-17(16)25/h2-10,12,20H,11,13-15H2,1H3,(H,24,29). The summed E-state index contributed by atoms with van der Waals surface area (Å²) >= 11 is 0. The molecule has 2 amide bonds. The summed E-state index contributed by atoms with van der Waals surface area (Å²) in [7, 11) is 1.51. The van der Waals surface area contributed by atoms with Gasteiger partial charge in [0.2, 0.25) is 0 Å². The smallest absolute Gasteiger partial charge is 0.308 e. The lowest BCUT2D eigenvalue weighted by atomic mass is 10.1. The Kier molecular flexibility index (Phi) is 5.88. The van der Waals surface area contributed by atoms with Crippen molar-refractivity contribution in [1.82, 2.24) is 9.88 Å². The molecule has 1 unspecified atom stereocenters. The fourth-order valence-corrected chi connectivity index (χ4v) is 3.61. The van der Waals surface area contributed by atoms with Crippen LogP contribution in [0, 0.1) is 0 Å². The first kappa shape index (κ1) is 20.5. The Labute approximate surface area is 179 Å². The summed E-state index contributed by atoms with van der Waals surface area (Å²) in [5.74, 6) is -0.773. The maximum Gasteiger partial charge on any atom is 0.308 e. The van der Waals surface area contributed by atoms with E-state index in [4.69, 9.17) is 9.47 Å². The van der Waals surface area contributed by atoms with Crippen LogP contribution < -0.4 is 15.0 Å². The van der Waals surface area contributed by atoms with Crippen molar-refractivity contribution < 1.29 is 23.9 Å². The molecule has 4 rings (SSSR count). The zero-order valence-electron chi connectivity index (χ0n) is 17.1. The quantitative estimate of drug-likeness (QED) is 0.616. The molecule has 1 atom stereocenters. The Hall–Kier alpha value is -3.81. The average Bonchev–Trinajstić information content (AvgIpc) is 3.23. The van der Waals surface area contributed by atoms with E-state index in [-0.39, 0.29) is 18.9 Å². The number of esters is 1. The summed E-state index contributed by atoms with van der Waals surface area (Å²) in [6, 6.07) is 16.9. The zero-order chi connectivity index (χ0) is 21.8. The second-order valence-electron chi connectivity index (χ2n) is 7.17. The number of anilines is 1. The normalized spacial score (nSPS) is 15.1. The molecular formula is C23H23N3O5. The molecular weight excluding hydrogens is 398 g/mol. The first-order valence-electron chi connectivity index (χ1n) is 10.0. The van der Waals surface area contributed by atoms with Gasteiger partial charge in [0.1, 0.15) is 5.75 Å². The van der Waals surface area contributed by atoms with Gasteiger partial charge in [-0.05, 0) is 29.7 Å². The number of hydrogen-bond donors (Lipinski definition) is 1. The number of ether oxygens (including phenoxy) is 2. The van der Waals surface area contributed by atoms with E-state index in [1.54, 1.807) is 24.3 Å². The van der Waals surface area contributed by atoms with Crippen LogP contribution in [0.2, 0.25) is 0 Å². The first-order valence-corrected chi connectivity index (χ1v) is 10.0. The minimum atomic E-state index is -0.832. The molecule has 31 heavy (non-hydrogen) atoms. The molecule has 1 aliphatic rings. The lowest BCUT2D eigenvalue weighted by Crippen LogP contribution is -2.51. The van der Waals surface area contributed by atoms with Crippen molar-refractivity contribution in [2.24, 2.45) is 0 Å². The number of aryl methyl sites for hydroxylation is 1. The summed E-state index contributed by atoms with van der Waals surface area (Å²) in [6.07, 6.45) is 1.24. The number of fused-ring (bicyclic) bond motifs is 2. The van der Waals surface area contributed by atoms with Crippen molar-refractivity contribution in [3.8, 4) is 5.75 Å². The number of carbonyl (C=O) groups excluding carboxylic acids is 3. The van der Waals surface area contributed by atoms with Crippen LogP contribution in [0.15, 0.2) is 60.8 Å². The highest BCUT2D eigenvalue weighted by Gasteiger charge is 2.33. The van der Waals surface area contributed by atoms with Crippen LogP contribution in [0.1, 0.15) is 6.42 Å². The molecule has 8 nitrogen and oxygen atoms in total. The van der Waals surface area contributed by atoms with Crippen molar-refractivity contribution >= 4 is 34.4 Å². The highest BCUT2D eigenvalue weighted by molar-refractivity contribution is 5.98. The van der Waals surface area contributed by atoms with E-state index in [1.165, 1.54) is 11.9 Å². The van der Waals surface area contributed by atoms with E-state index in [0.29, 0.717) is 18.0 Å². The fourth-order valence-electron chi connectivity index (χ4n) is 3.61. The molecule has 0 fully saturated rings. The molecule has 1 N–H and O–H groups in total. The van der Waals surface area contributed by atoms with Gasteiger partial charge in [-0.25, -0.2) is 0 Å². The number of carbonyl (C=O) groups is 3. The van der Waals surface area contributed by atoms with Crippen LogP contribution in [-0.2, 0) is 25.7 Å². The number of amides is 2. The lowest BCUT2D eigenvalue weighted by Gasteiger charge is -2.33. The van der Waals surface area contributed by atoms with Crippen molar-refractivity contribution in [3.05, 3.63) is 60.8 Å². The minimum Gasteiger partial charge on any atom is -0.477 e. The summed E-state index contributed by atoms with van der Waals surface area (Å²) in [5.41, 5.74) is 1.58. The van der Waals surface area contributed by atoms with Crippen LogP contribution in [0.25, 0.3) is 10.9 Å². The maximum atomic E-state index is 12.8. The van der Waals surface area contributed by atoms with E-state index < -0.39 is 24.6 Å². The predicted octanol–water partition coefficient (Wildman–Crippen LogP) is 2.11. The Balaban J connectivity index is 1.36. The molecule has 1 aromatic heterocycles. The predicted molar refractivity (Wildman–Crippen MR) is 115 cm³/mol. The van der Waals surface area contributed by atoms with E-state index in [9.17, 15) is 14.4 Å². The molecule has 2 heterocycles. The number of rotatable bonds is 6. The Bertz CT molecular complexity index is 1120. The number of likely N-dealkylation sites (N-methyl/N-ethyl adjacent to an activating group) is 1. The fraction of sp³-hybridized carbons (Fsp3) is 0.261. The van der Waals surface area contributed by atoms with Crippen LogP contribution >= 0.6 is 0 Å². The summed E-state index contributed by atoms with van der Waals surface area (Å²) in [5, 5.41) is 3.63. The molecule has 0 aliphatic carbocycles. The highest BCUT2D eigenvalue weighted by atomic mass is 16.5. The van der Waals surface area contributed by atoms with Crippen LogP contribution in [-0.4, -0.2) is 48.7 Å². The minimum absolute atomic E-state index is 0.0441. The molecule has 0 bridgehead atoms. The van der Waals surface area contributed by atoms with Crippen molar-refractivity contribution in [2.45, 2.75) is 19.1 Å². The van der Waals surface area contributed by atoms with Gasteiger partial charge in [0.15, 0.2) is 12.7 Å². The average molecular weight is 421 g/mol. The number of hydrogen-bond acceptors (Lipinski definition) is 5. The zero-order valence-corrected chi connectivity index (χ0v) is 17.1. The van der Waals surface area contributed by atoms with Gasteiger partial charge in [0.05, 0.1) is 18.7 Å². The number of benzene rings is 2. The second kappa shape index (κ2) is 8.91. The number of para-hydroxylation sites is 3. The van der Waals surface area contributed by atoms with Gasteiger partial charge < -0.3 is 24.3 Å². The van der Waals surface area contributed by atoms with Gasteiger partial charge in [0.25, 0.3) is 11.8 Å². The molecule has 0 saturated carbocycles. The van der Waals surface area contributed by atoms with Crippen LogP contribution in [0.5, 0.6) is 5.75 Å². The third-order valence-corrected chi connectivity index (χ3v) is 5.21. The third kappa shape index (κ3) is 4.37. The Morgan fingerprint density at radius 3 is 2.71 bits per heavy atom. The van der Waals surface area contributed by atoms with Gasteiger partial charge in [-0.1, -0.05) is 30.3 Å². The van der Waals surface area contributed by atoms with E-state index in [0.717, 1.165) is 10.9 Å². The molecule has 0 saturated heterocycles.